The Hall–Kier alpha value is -0.870. The van der Waals surface area contributed by atoms with Crippen LogP contribution in [0.15, 0.2) is 36.1 Å². The van der Waals surface area contributed by atoms with Crippen LogP contribution in [0, 0.1) is 0 Å². The first-order valence-corrected chi connectivity index (χ1v) is 4.67. The predicted octanol–water partition coefficient (Wildman–Crippen LogP) is 1.20. The molecule has 0 fully saturated rings. The maximum absolute atomic E-state index is 10.9. The third-order valence-corrected chi connectivity index (χ3v) is 2.14. The number of allylic oxidation sites excluding steroid dienone is 2. The molecule has 4 heteroatoms. The van der Waals surface area contributed by atoms with Gasteiger partial charge in [-0.25, -0.2) is 0 Å². The third kappa shape index (κ3) is 2.06. The largest absolute Gasteiger partial charge is 0.389 e. The average molecular weight is 185 g/mol. The molecule has 0 aromatic rings. The fraction of sp³-hybridized carbons (Fsp3) is 0.250. The lowest BCUT2D eigenvalue weighted by Crippen LogP contribution is -2.26. The summed E-state index contributed by atoms with van der Waals surface area (Å²) in [6, 6.07) is 0. The van der Waals surface area contributed by atoms with Crippen molar-refractivity contribution < 1.29 is 8.39 Å². The van der Waals surface area contributed by atoms with E-state index in [9.17, 15) is 4.21 Å². The first kappa shape index (κ1) is 9.22. The Balaban J connectivity index is 2.91. The van der Waals surface area contributed by atoms with Gasteiger partial charge in [0.1, 0.15) is 5.76 Å². The predicted molar refractivity (Wildman–Crippen MR) is 49.3 cm³/mol. The average Bonchev–Trinajstić information content (AvgIpc) is 2.05. The molecule has 0 aromatic heterocycles. The first-order valence-electron chi connectivity index (χ1n) is 3.59. The zero-order valence-electron chi connectivity index (χ0n) is 6.87. The van der Waals surface area contributed by atoms with Gasteiger partial charge in [0.2, 0.25) is 0 Å². The van der Waals surface area contributed by atoms with E-state index in [1.54, 1.807) is 12.2 Å². The second kappa shape index (κ2) is 4.23. The molecular formula is C8H11NO2S. The van der Waals surface area contributed by atoms with Crippen LogP contribution < -0.4 is 4.72 Å². The summed E-state index contributed by atoms with van der Waals surface area (Å²) < 4.78 is 18.6. The molecule has 0 aromatic carbocycles. The van der Waals surface area contributed by atoms with Gasteiger partial charge in [-0.3, -0.25) is 0 Å². The molecule has 0 radical (unpaired) electrons. The van der Waals surface area contributed by atoms with Crippen molar-refractivity contribution in [2.75, 3.05) is 6.54 Å². The fourth-order valence-corrected chi connectivity index (χ4v) is 1.51. The minimum absolute atomic E-state index is 0.537. The Morgan fingerprint density at radius 3 is 3.08 bits per heavy atom. The summed E-state index contributed by atoms with van der Waals surface area (Å²) in [5.74, 6) is 0.629. The summed E-state index contributed by atoms with van der Waals surface area (Å²) in [5, 5.41) is 0. The van der Waals surface area contributed by atoms with Crippen molar-refractivity contribution in [3.05, 3.63) is 36.1 Å². The highest BCUT2D eigenvalue weighted by molar-refractivity contribution is 7.78. The molecule has 12 heavy (non-hydrogen) atoms. The van der Waals surface area contributed by atoms with Crippen LogP contribution >= 0.6 is 0 Å². The lowest BCUT2D eigenvalue weighted by atomic mass is 10.2. The Labute approximate surface area is 74.6 Å². The zero-order chi connectivity index (χ0) is 8.97. The van der Waals surface area contributed by atoms with Crippen LogP contribution in [0.3, 0.4) is 0 Å². The van der Waals surface area contributed by atoms with E-state index in [-0.39, 0.29) is 0 Å². The Morgan fingerprint density at radius 1 is 1.75 bits per heavy atom. The summed E-state index contributed by atoms with van der Waals surface area (Å²) in [5.41, 5.74) is 0.924. The molecule has 0 amide bonds. The lowest BCUT2D eigenvalue weighted by molar-refractivity contribution is 0.446. The van der Waals surface area contributed by atoms with Crippen LogP contribution in [0.2, 0.25) is 0 Å². The highest BCUT2D eigenvalue weighted by Gasteiger charge is 2.13. The second-order valence-electron chi connectivity index (χ2n) is 2.23. The molecule has 0 saturated heterocycles. The normalized spacial score (nSPS) is 24.2. The van der Waals surface area contributed by atoms with Crippen molar-refractivity contribution >= 4 is 11.3 Å². The quantitative estimate of drug-likeness (QED) is 0.702. The monoisotopic (exact) mass is 185 g/mol. The van der Waals surface area contributed by atoms with Crippen molar-refractivity contribution in [1.29, 1.82) is 0 Å². The van der Waals surface area contributed by atoms with Gasteiger partial charge in [-0.05, 0) is 13.0 Å². The van der Waals surface area contributed by atoms with Crippen molar-refractivity contribution in [2.45, 2.75) is 6.92 Å². The van der Waals surface area contributed by atoms with Gasteiger partial charge < -0.3 is 4.18 Å². The van der Waals surface area contributed by atoms with Crippen LogP contribution in [-0.4, -0.2) is 10.8 Å². The van der Waals surface area contributed by atoms with Gasteiger partial charge in [0, 0.05) is 12.1 Å². The molecule has 0 bridgehead atoms. The summed E-state index contributed by atoms with van der Waals surface area (Å²) in [6.07, 6.45) is 5.30. The topological polar surface area (TPSA) is 38.3 Å². The highest BCUT2D eigenvalue weighted by atomic mass is 32.2. The first-order chi connectivity index (χ1) is 5.77. The molecule has 66 valence electrons. The fourth-order valence-electron chi connectivity index (χ4n) is 0.847. The van der Waals surface area contributed by atoms with Gasteiger partial charge in [0.05, 0.1) is 0 Å². The molecule has 1 aliphatic heterocycles. The molecule has 1 aliphatic rings. The number of rotatable bonds is 2. The Morgan fingerprint density at radius 2 is 2.50 bits per heavy atom. The van der Waals surface area contributed by atoms with E-state index in [0.717, 1.165) is 5.57 Å². The molecule has 1 rings (SSSR count). The van der Waals surface area contributed by atoms with Crippen LogP contribution in [-0.2, 0) is 15.4 Å². The van der Waals surface area contributed by atoms with E-state index >= 15 is 0 Å². The molecule has 3 nitrogen and oxygen atoms in total. The Kier molecular flexibility index (Phi) is 3.25. The molecule has 1 N–H and O–H groups in total. The number of nitrogens with one attached hydrogen (secondary N) is 1. The van der Waals surface area contributed by atoms with Crippen LogP contribution in [0.4, 0.5) is 0 Å². The van der Waals surface area contributed by atoms with E-state index in [1.807, 2.05) is 13.0 Å². The molecule has 0 saturated carbocycles. The van der Waals surface area contributed by atoms with Gasteiger partial charge in [-0.2, -0.15) is 8.93 Å². The van der Waals surface area contributed by atoms with E-state index in [2.05, 4.69) is 11.3 Å². The third-order valence-electron chi connectivity index (χ3n) is 1.43. The SMILES string of the molecule is C=CC1=C(/C=C\C)OS(=O)NC1. The lowest BCUT2D eigenvalue weighted by Gasteiger charge is -2.15. The summed E-state index contributed by atoms with van der Waals surface area (Å²) >= 11 is -1.40. The zero-order valence-corrected chi connectivity index (χ0v) is 7.69. The summed E-state index contributed by atoms with van der Waals surface area (Å²) in [6.45, 7) is 6.05. The summed E-state index contributed by atoms with van der Waals surface area (Å²) in [4.78, 5) is 0. The molecule has 0 spiro atoms. The van der Waals surface area contributed by atoms with Gasteiger partial charge in [0.15, 0.2) is 0 Å². The minimum atomic E-state index is -1.40. The van der Waals surface area contributed by atoms with E-state index in [4.69, 9.17) is 4.18 Å². The number of hydrogen-bond donors (Lipinski definition) is 1. The van der Waals surface area contributed by atoms with Gasteiger partial charge in [-0.1, -0.05) is 18.7 Å². The van der Waals surface area contributed by atoms with Crippen molar-refractivity contribution in [1.82, 2.24) is 4.72 Å². The van der Waals surface area contributed by atoms with Gasteiger partial charge in [-0.15, -0.1) is 0 Å². The van der Waals surface area contributed by atoms with Crippen molar-refractivity contribution in [2.24, 2.45) is 0 Å². The second-order valence-corrected chi connectivity index (χ2v) is 3.16. The van der Waals surface area contributed by atoms with Crippen LogP contribution in [0.25, 0.3) is 0 Å². The molecule has 0 aliphatic carbocycles. The number of hydrogen-bond acceptors (Lipinski definition) is 2. The van der Waals surface area contributed by atoms with Crippen LogP contribution in [0.1, 0.15) is 6.92 Å². The van der Waals surface area contributed by atoms with E-state index in [1.165, 1.54) is 0 Å². The standard InChI is InChI=1S/C8H11NO2S/c1-3-5-8-7(4-2)6-9-12(10)11-8/h3-5,9H,2,6H2,1H3/b5-3-. The maximum atomic E-state index is 10.9. The molecule has 1 atom stereocenters. The molecule has 1 heterocycles. The highest BCUT2D eigenvalue weighted by Crippen LogP contribution is 2.14. The Bertz CT molecular complexity index is 268. The summed E-state index contributed by atoms with van der Waals surface area (Å²) in [7, 11) is 0. The van der Waals surface area contributed by atoms with Crippen molar-refractivity contribution in [3.63, 3.8) is 0 Å². The van der Waals surface area contributed by atoms with E-state index in [0.29, 0.717) is 12.3 Å². The maximum Gasteiger partial charge on any atom is 0.288 e. The molecule has 1 unspecified atom stereocenters. The van der Waals surface area contributed by atoms with Crippen LogP contribution in [0.5, 0.6) is 0 Å². The molecular weight excluding hydrogens is 174 g/mol. The smallest absolute Gasteiger partial charge is 0.288 e. The van der Waals surface area contributed by atoms with E-state index < -0.39 is 11.3 Å². The van der Waals surface area contributed by atoms with Crippen molar-refractivity contribution in [3.8, 4) is 0 Å². The minimum Gasteiger partial charge on any atom is -0.389 e. The van der Waals surface area contributed by atoms with Gasteiger partial charge >= 0.3 is 0 Å². The van der Waals surface area contributed by atoms with Gasteiger partial charge in [0.25, 0.3) is 11.3 Å².